The fourth-order valence-corrected chi connectivity index (χ4v) is 2.27. The Morgan fingerprint density at radius 2 is 1.88 bits per heavy atom. The van der Waals surface area contributed by atoms with E-state index in [9.17, 15) is 0 Å². The quantitative estimate of drug-likeness (QED) is 0.768. The Bertz CT molecular complexity index is 343. The SMILES string of the molecule is CCNC(CC(C)CC)c1cc(C)ccc1C. The molecule has 1 rings (SSSR count). The van der Waals surface area contributed by atoms with Crippen molar-refractivity contribution in [1.29, 1.82) is 0 Å². The third kappa shape index (κ3) is 4.16. The average molecular weight is 233 g/mol. The summed E-state index contributed by atoms with van der Waals surface area (Å²) in [7, 11) is 0. The highest BCUT2D eigenvalue weighted by Gasteiger charge is 2.15. The molecule has 0 bridgehead atoms. The second-order valence-electron chi connectivity index (χ2n) is 5.22. The molecule has 0 fully saturated rings. The summed E-state index contributed by atoms with van der Waals surface area (Å²) < 4.78 is 0. The average Bonchev–Trinajstić information content (AvgIpc) is 2.31. The first-order chi connectivity index (χ1) is 8.08. The van der Waals surface area contributed by atoms with Crippen molar-refractivity contribution < 1.29 is 0 Å². The molecule has 0 saturated heterocycles. The highest BCUT2D eigenvalue weighted by atomic mass is 14.9. The number of rotatable bonds is 6. The third-order valence-electron chi connectivity index (χ3n) is 3.60. The van der Waals surface area contributed by atoms with Gasteiger partial charge in [-0.3, -0.25) is 0 Å². The van der Waals surface area contributed by atoms with E-state index in [-0.39, 0.29) is 0 Å². The topological polar surface area (TPSA) is 12.0 Å². The molecule has 0 heterocycles. The van der Waals surface area contributed by atoms with Crippen molar-refractivity contribution >= 4 is 0 Å². The van der Waals surface area contributed by atoms with Gasteiger partial charge in [-0.15, -0.1) is 0 Å². The van der Waals surface area contributed by atoms with Crippen LogP contribution in [0.25, 0.3) is 0 Å². The van der Waals surface area contributed by atoms with Crippen LogP contribution in [0.4, 0.5) is 0 Å². The Balaban J connectivity index is 2.91. The second kappa shape index (κ2) is 6.80. The molecule has 0 aliphatic carbocycles. The van der Waals surface area contributed by atoms with Crippen LogP contribution >= 0.6 is 0 Å². The molecule has 1 N–H and O–H groups in total. The molecular weight excluding hydrogens is 206 g/mol. The monoisotopic (exact) mass is 233 g/mol. The molecular formula is C16H27N. The van der Waals surface area contributed by atoms with Crippen molar-refractivity contribution in [1.82, 2.24) is 5.32 Å². The summed E-state index contributed by atoms with van der Waals surface area (Å²) in [6, 6.07) is 7.29. The van der Waals surface area contributed by atoms with Crippen molar-refractivity contribution in [2.75, 3.05) is 6.54 Å². The Kier molecular flexibility index (Phi) is 5.70. The van der Waals surface area contributed by atoms with Gasteiger partial charge in [-0.2, -0.15) is 0 Å². The number of benzene rings is 1. The third-order valence-corrected chi connectivity index (χ3v) is 3.60. The number of hydrogen-bond donors (Lipinski definition) is 1. The summed E-state index contributed by atoms with van der Waals surface area (Å²) in [5.74, 6) is 0.777. The van der Waals surface area contributed by atoms with Crippen molar-refractivity contribution in [3.63, 3.8) is 0 Å². The van der Waals surface area contributed by atoms with Gasteiger partial charge in [0, 0.05) is 6.04 Å². The van der Waals surface area contributed by atoms with Crippen LogP contribution in [0.15, 0.2) is 18.2 Å². The van der Waals surface area contributed by atoms with Crippen LogP contribution < -0.4 is 5.32 Å². The summed E-state index contributed by atoms with van der Waals surface area (Å²) in [4.78, 5) is 0. The Morgan fingerprint density at radius 3 is 2.47 bits per heavy atom. The minimum absolute atomic E-state index is 0.509. The summed E-state index contributed by atoms with van der Waals surface area (Å²) in [5, 5.41) is 3.63. The molecule has 0 saturated carbocycles. The number of nitrogens with one attached hydrogen (secondary N) is 1. The first-order valence-corrected chi connectivity index (χ1v) is 6.89. The predicted octanol–water partition coefficient (Wildman–Crippen LogP) is 4.39. The molecule has 0 aliphatic heterocycles. The van der Waals surface area contributed by atoms with Crippen molar-refractivity contribution in [3.05, 3.63) is 34.9 Å². The summed E-state index contributed by atoms with van der Waals surface area (Å²) in [5.41, 5.74) is 4.25. The van der Waals surface area contributed by atoms with Gasteiger partial charge in [-0.25, -0.2) is 0 Å². The molecule has 0 spiro atoms. The van der Waals surface area contributed by atoms with E-state index in [2.05, 4.69) is 58.1 Å². The van der Waals surface area contributed by atoms with Gasteiger partial charge >= 0.3 is 0 Å². The van der Waals surface area contributed by atoms with Crippen molar-refractivity contribution in [3.8, 4) is 0 Å². The molecule has 0 amide bonds. The molecule has 2 atom stereocenters. The Labute approximate surface area is 107 Å². The zero-order chi connectivity index (χ0) is 12.8. The molecule has 96 valence electrons. The summed E-state index contributed by atoms with van der Waals surface area (Å²) >= 11 is 0. The number of hydrogen-bond acceptors (Lipinski definition) is 1. The summed E-state index contributed by atoms with van der Waals surface area (Å²) in [6.45, 7) is 12.2. The minimum Gasteiger partial charge on any atom is -0.310 e. The highest BCUT2D eigenvalue weighted by molar-refractivity contribution is 5.33. The van der Waals surface area contributed by atoms with E-state index >= 15 is 0 Å². The Hall–Kier alpha value is -0.820. The lowest BCUT2D eigenvalue weighted by Gasteiger charge is -2.23. The number of aryl methyl sites for hydroxylation is 2. The zero-order valence-electron chi connectivity index (χ0n) is 12.0. The van der Waals surface area contributed by atoms with Crippen molar-refractivity contribution in [2.45, 2.75) is 53.5 Å². The van der Waals surface area contributed by atoms with Crippen LogP contribution in [0, 0.1) is 19.8 Å². The van der Waals surface area contributed by atoms with E-state index in [4.69, 9.17) is 0 Å². The van der Waals surface area contributed by atoms with Crippen LogP contribution in [0.3, 0.4) is 0 Å². The smallest absolute Gasteiger partial charge is 0.0325 e. The van der Waals surface area contributed by atoms with Gasteiger partial charge in [-0.1, -0.05) is 51.0 Å². The van der Waals surface area contributed by atoms with Crippen LogP contribution in [-0.4, -0.2) is 6.54 Å². The molecule has 0 aromatic heterocycles. The zero-order valence-corrected chi connectivity index (χ0v) is 12.0. The van der Waals surface area contributed by atoms with Crippen LogP contribution in [0.2, 0.25) is 0 Å². The van der Waals surface area contributed by atoms with Crippen LogP contribution in [0.5, 0.6) is 0 Å². The van der Waals surface area contributed by atoms with Gasteiger partial charge in [0.15, 0.2) is 0 Å². The molecule has 0 radical (unpaired) electrons. The maximum Gasteiger partial charge on any atom is 0.0325 e. The molecule has 1 aromatic carbocycles. The summed E-state index contributed by atoms with van der Waals surface area (Å²) in [6.07, 6.45) is 2.49. The maximum atomic E-state index is 3.63. The lowest BCUT2D eigenvalue weighted by Crippen LogP contribution is -2.23. The van der Waals surface area contributed by atoms with E-state index in [1.807, 2.05) is 0 Å². The van der Waals surface area contributed by atoms with Crippen molar-refractivity contribution in [2.24, 2.45) is 5.92 Å². The van der Waals surface area contributed by atoms with E-state index in [0.29, 0.717) is 6.04 Å². The molecule has 0 aliphatic rings. The first-order valence-electron chi connectivity index (χ1n) is 6.89. The molecule has 1 aromatic rings. The van der Waals surface area contributed by atoms with E-state index in [1.165, 1.54) is 29.5 Å². The molecule has 17 heavy (non-hydrogen) atoms. The first kappa shape index (κ1) is 14.2. The van der Waals surface area contributed by atoms with Crippen LogP contribution in [-0.2, 0) is 0 Å². The fourth-order valence-electron chi connectivity index (χ4n) is 2.27. The van der Waals surface area contributed by atoms with Gasteiger partial charge < -0.3 is 5.32 Å². The fraction of sp³-hybridized carbons (Fsp3) is 0.625. The minimum atomic E-state index is 0.509. The van der Waals surface area contributed by atoms with Crippen LogP contribution in [0.1, 0.15) is 56.3 Å². The lowest BCUT2D eigenvalue weighted by molar-refractivity contribution is 0.407. The van der Waals surface area contributed by atoms with Gasteiger partial charge in [0.2, 0.25) is 0 Å². The molecule has 1 nitrogen and oxygen atoms in total. The highest BCUT2D eigenvalue weighted by Crippen LogP contribution is 2.26. The van der Waals surface area contributed by atoms with Gasteiger partial charge in [-0.05, 0) is 43.9 Å². The van der Waals surface area contributed by atoms with E-state index in [0.717, 1.165) is 12.5 Å². The van der Waals surface area contributed by atoms with E-state index < -0.39 is 0 Å². The van der Waals surface area contributed by atoms with Gasteiger partial charge in [0.1, 0.15) is 0 Å². The predicted molar refractivity (Wildman–Crippen MR) is 76.4 cm³/mol. The normalized spacial score (nSPS) is 14.6. The van der Waals surface area contributed by atoms with Gasteiger partial charge in [0.05, 0.1) is 0 Å². The molecule has 1 heteroatoms. The molecule has 2 unspecified atom stereocenters. The Morgan fingerprint density at radius 1 is 1.18 bits per heavy atom. The lowest BCUT2D eigenvalue weighted by atomic mass is 9.91. The van der Waals surface area contributed by atoms with Gasteiger partial charge in [0.25, 0.3) is 0 Å². The second-order valence-corrected chi connectivity index (χ2v) is 5.22. The van der Waals surface area contributed by atoms with E-state index in [1.54, 1.807) is 0 Å². The largest absolute Gasteiger partial charge is 0.310 e. The standard InChI is InChI=1S/C16H27N/c1-6-12(3)11-16(17-7-2)15-10-13(4)8-9-14(15)5/h8-10,12,16-17H,6-7,11H2,1-5H3. The maximum absolute atomic E-state index is 3.63.